The van der Waals surface area contributed by atoms with Crippen molar-refractivity contribution >= 4 is 15.9 Å². The monoisotopic (exact) mass is 322 g/mol. The molecule has 0 aromatic heterocycles. The van der Waals surface area contributed by atoms with Crippen LogP contribution >= 0.6 is 15.9 Å². The van der Waals surface area contributed by atoms with Gasteiger partial charge in [0.2, 0.25) is 0 Å². The molecule has 1 aliphatic heterocycles. The zero-order valence-electron chi connectivity index (χ0n) is 11.8. The van der Waals surface area contributed by atoms with Crippen molar-refractivity contribution in [1.29, 1.82) is 0 Å². The molecule has 3 rings (SSSR count). The molecule has 0 bridgehead atoms. The SMILES string of the molecule is CNCC1CCN(C2CC2)C1c1ccc(C)c(Br)c1. The van der Waals surface area contributed by atoms with Gasteiger partial charge in [-0.3, -0.25) is 4.90 Å². The summed E-state index contributed by atoms with van der Waals surface area (Å²) in [5, 5.41) is 3.38. The maximum absolute atomic E-state index is 3.69. The van der Waals surface area contributed by atoms with E-state index in [0.29, 0.717) is 6.04 Å². The molecule has 0 spiro atoms. The summed E-state index contributed by atoms with van der Waals surface area (Å²) in [7, 11) is 2.07. The molecule has 2 nitrogen and oxygen atoms in total. The fourth-order valence-corrected chi connectivity index (χ4v) is 3.83. The van der Waals surface area contributed by atoms with Gasteiger partial charge in [-0.25, -0.2) is 0 Å². The number of hydrogen-bond donors (Lipinski definition) is 1. The van der Waals surface area contributed by atoms with Crippen LogP contribution in [0, 0.1) is 12.8 Å². The lowest BCUT2D eigenvalue weighted by Crippen LogP contribution is -2.30. The Morgan fingerprint density at radius 3 is 2.74 bits per heavy atom. The Morgan fingerprint density at radius 1 is 1.32 bits per heavy atom. The summed E-state index contributed by atoms with van der Waals surface area (Å²) in [6.45, 7) is 4.55. The molecule has 19 heavy (non-hydrogen) atoms. The second-order valence-corrected chi connectivity index (χ2v) is 6.88. The Morgan fingerprint density at radius 2 is 2.11 bits per heavy atom. The van der Waals surface area contributed by atoms with Crippen molar-refractivity contribution in [2.24, 2.45) is 5.92 Å². The fourth-order valence-electron chi connectivity index (χ4n) is 3.43. The van der Waals surface area contributed by atoms with Gasteiger partial charge in [-0.1, -0.05) is 28.1 Å². The van der Waals surface area contributed by atoms with Gasteiger partial charge < -0.3 is 5.32 Å². The van der Waals surface area contributed by atoms with E-state index in [1.807, 2.05) is 0 Å². The number of halogens is 1. The topological polar surface area (TPSA) is 15.3 Å². The summed E-state index contributed by atoms with van der Waals surface area (Å²) in [6.07, 6.45) is 4.12. The van der Waals surface area contributed by atoms with Gasteiger partial charge >= 0.3 is 0 Å². The Kier molecular flexibility index (Phi) is 3.97. The van der Waals surface area contributed by atoms with E-state index in [-0.39, 0.29) is 0 Å². The molecule has 2 unspecified atom stereocenters. The number of rotatable bonds is 4. The highest BCUT2D eigenvalue weighted by molar-refractivity contribution is 9.10. The van der Waals surface area contributed by atoms with Crippen molar-refractivity contribution in [2.75, 3.05) is 20.1 Å². The normalized spacial score (nSPS) is 27.9. The number of likely N-dealkylation sites (tertiary alicyclic amines) is 1. The predicted octanol–water partition coefficient (Wildman–Crippen LogP) is 3.50. The van der Waals surface area contributed by atoms with Crippen molar-refractivity contribution in [2.45, 2.75) is 38.3 Å². The van der Waals surface area contributed by atoms with Gasteiger partial charge in [-0.15, -0.1) is 0 Å². The Balaban J connectivity index is 1.89. The molecule has 104 valence electrons. The minimum Gasteiger partial charge on any atom is -0.319 e. The van der Waals surface area contributed by atoms with E-state index in [1.165, 1.54) is 41.4 Å². The predicted molar refractivity (Wildman–Crippen MR) is 83.4 cm³/mol. The summed E-state index contributed by atoms with van der Waals surface area (Å²) in [5.74, 6) is 0.750. The maximum atomic E-state index is 3.69. The molecule has 2 fully saturated rings. The van der Waals surface area contributed by atoms with E-state index in [9.17, 15) is 0 Å². The van der Waals surface area contributed by atoms with Gasteiger partial charge in [0.05, 0.1) is 0 Å². The minimum atomic E-state index is 0.608. The zero-order valence-corrected chi connectivity index (χ0v) is 13.4. The van der Waals surface area contributed by atoms with E-state index in [0.717, 1.165) is 18.5 Å². The van der Waals surface area contributed by atoms with Crippen LogP contribution in [0.4, 0.5) is 0 Å². The standard InChI is InChI=1S/C16H23BrN2/c1-11-3-4-12(9-15(11)17)16-13(10-18-2)7-8-19(16)14-5-6-14/h3-4,9,13-14,16,18H,5-8,10H2,1-2H3. The number of nitrogens with one attached hydrogen (secondary N) is 1. The molecule has 0 radical (unpaired) electrons. The summed E-state index contributed by atoms with van der Waals surface area (Å²) in [4.78, 5) is 2.75. The zero-order chi connectivity index (χ0) is 13.4. The van der Waals surface area contributed by atoms with E-state index in [1.54, 1.807) is 0 Å². The van der Waals surface area contributed by atoms with Crippen LogP contribution in [-0.4, -0.2) is 31.1 Å². The van der Waals surface area contributed by atoms with Gasteiger partial charge in [0.25, 0.3) is 0 Å². The van der Waals surface area contributed by atoms with Crippen LogP contribution in [0.25, 0.3) is 0 Å². The Hall–Kier alpha value is -0.380. The van der Waals surface area contributed by atoms with E-state index >= 15 is 0 Å². The highest BCUT2D eigenvalue weighted by Gasteiger charge is 2.42. The lowest BCUT2D eigenvalue weighted by atomic mass is 9.93. The highest BCUT2D eigenvalue weighted by Crippen LogP contribution is 2.44. The van der Waals surface area contributed by atoms with Gasteiger partial charge in [-0.05, 0) is 69.4 Å². The van der Waals surface area contributed by atoms with Crippen LogP contribution in [-0.2, 0) is 0 Å². The van der Waals surface area contributed by atoms with Gasteiger partial charge in [-0.2, -0.15) is 0 Å². The average Bonchev–Trinajstić information content (AvgIpc) is 3.15. The average molecular weight is 323 g/mol. The molecule has 2 atom stereocenters. The first-order valence-corrected chi connectivity index (χ1v) is 8.16. The van der Waals surface area contributed by atoms with Crippen molar-refractivity contribution < 1.29 is 0 Å². The van der Waals surface area contributed by atoms with E-state index in [4.69, 9.17) is 0 Å². The third-order valence-corrected chi connectivity index (χ3v) is 5.44. The minimum absolute atomic E-state index is 0.608. The van der Waals surface area contributed by atoms with Crippen LogP contribution in [0.2, 0.25) is 0 Å². The second kappa shape index (κ2) is 5.55. The van der Waals surface area contributed by atoms with Crippen LogP contribution in [0.15, 0.2) is 22.7 Å². The third-order valence-electron chi connectivity index (χ3n) is 4.58. The van der Waals surface area contributed by atoms with Gasteiger partial charge in [0, 0.05) is 16.6 Å². The first-order valence-electron chi connectivity index (χ1n) is 7.37. The van der Waals surface area contributed by atoms with Crippen LogP contribution in [0.5, 0.6) is 0 Å². The maximum Gasteiger partial charge on any atom is 0.0392 e. The Bertz CT molecular complexity index is 456. The molecule has 1 saturated carbocycles. The molecule has 1 heterocycles. The van der Waals surface area contributed by atoms with Gasteiger partial charge in [0.15, 0.2) is 0 Å². The lowest BCUT2D eigenvalue weighted by Gasteiger charge is -2.29. The van der Waals surface area contributed by atoms with Crippen LogP contribution in [0.3, 0.4) is 0 Å². The van der Waals surface area contributed by atoms with Crippen LogP contribution < -0.4 is 5.32 Å². The van der Waals surface area contributed by atoms with Crippen LogP contribution in [0.1, 0.15) is 36.4 Å². The molecule has 1 aromatic rings. The molecule has 0 amide bonds. The molecule has 1 N–H and O–H groups in total. The lowest BCUT2D eigenvalue weighted by molar-refractivity contribution is 0.217. The molecule has 1 aromatic carbocycles. The van der Waals surface area contributed by atoms with Gasteiger partial charge in [0.1, 0.15) is 0 Å². The van der Waals surface area contributed by atoms with Crippen molar-refractivity contribution in [3.63, 3.8) is 0 Å². The number of aryl methyl sites for hydroxylation is 1. The summed E-state index contributed by atoms with van der Waals surface area (Å²) >= 11 is 3.69. The Labute approximate surface area is 124 Å². The number of hydrogen-bond acceptors (Lipinski definition) is 2. The molecule has 1 saturated heterocycles. The van der Waals surface area contributed by atoms with Crippen molar-refractivity contribution in [1.82, 2.24) is 10.2 Å². The largest absolute Gasteiger partial charge is 0.319 e. The first kappa shape index (κ1) is 13.6. The smallest absolute Gasteiger partial charge is 0.0392 e. The molecular formula is C16H23BrN2. The molecule has 3 heteroatoms. The van der Waals surface area contributed by atoms with Crippen molar-refractivity contribution in [3.05, 3.63) is 33.8 Å². The highest BCUT2D eigenvalue weighted by atomic mass is 79.9. The molecule has 1 aliphatic carbocycles. The van der Waals surface area contributed by atoms with E-state index < -0.39 is 0 Å². The number of nitrogens with zero attached hydrogens (tertiary/aromatic N) is 1. The molecule has 2 aliphatic rings. The summed E-state index contributed by atoms with van der Waals surface area (Å²) in [5.41, 5.74) is 2.81. The first-order chi connectivity index (χ1) is 9.20. The third kappa shape index (κ3) is 2.74. The molecular weight excluding hydrogens is 300 g/mol. The fraction of sp³-hybridized carbons (Fsp3) is 0.625. The summed E-state index contributed by atoms with van der Waals surface area (Å²) < 4.78 is 1.25. The van der Waals surface area contributed by atoms with Crippen molar-refractivity contribution in [3.8, 4) is 0 Å². The quantitative estimate of drug-likeness (QED) is 0.912. The second-order valence-electron chi connectivity index (χ2n) is 6.03. The number of benzene rings is 1. The summed E-state index contributed by atoms with van der Waals surface area (Å²) in [6, 6.07) is 8.38. The van der Waals surface area contributed by atoms with E-state index in [2.05, 4.69) is 58.3 Å².